The number of piperazine rings is 2. The zero-order valence-electron chi connectivity index (χ0n) is 20.3. The maximum Gasteiger partial charge on any atom is 0.334 e. The number of anilines is 2. The summed E-state index contributed by atoms with van der Waals surface area (Å²) in [5.41, 5.74) is 11.4. The monoisotopic (exact) mass is 486 g/mol. The molecule has 2 aromatic carbocycles. The molecule has 10 nitrogen and oxygen atoms in total. The fraction of sp³-hybridized carbons (Fsp3) is 0.346. The van der Waals surface area contributed by atoms with Gasteiger partial charge in [-0.15, -0.1) is 0 Å². The SMILES string of the molecule is CN1CCN(N(C(N)=O)c2cccc3c2C(=O)c2c-3n[nH]c2-c2ccc(N3CCNCC3)cc2)CC1. The molecular weight excluding hydrogens is 456 g/mol. The molecule has 10 heteroatoms. The van der Waals surface area contributed by atoms with Gasteiger partial charge < -0.3 is 20.9 Å². The summed E-state index contributed by atoms with van der Waals surface area (Å²) in [5, 5.41) is 14.4. The number of carbonyl (C=O) groups excluding carboxylic acids is 2. The summed E-state index contributed by atoms with van der Waals surface area (Å²) in [6, 6.07) is 13.2. The van der Waals surface area contributed by atoms with Crippen LogP contribution in [0.25, 0.3) is 22.5 Å². The third kappa shape index (κ3) is 3.74. The van der Waals surface area contributed by atoms with Crippen LogP contribution in [0.5, 0.6) is 0 Å². The van der Waals surface area contributed by atoms with Crippen LogP contribution in [0, 0.1) is 0 Å². The van der Waals surface area contributed by atoms with Crippen LogP contribution in [-0.2, 0) is 0 Å². The lowest BCUT2D eigenvalue weighted by molar-refractivity contribution is 0.104. The number of H-pyrrole nitrogens is 1. The number of hydrogen-bond donors (Lipinski definition) is 3. The minimum atomic E-state index is -0.601. The van der Waals surface area contributed by atoms with Crippen molar-refractivity contribution in [1.29, 1.82) is 0 Å². The zero-order valence-corrected chi connectivity index (χ0v) is 20.3. The Morgan fingerprint density at radius 3 is 2.39 bits per heavy atom. The maximum absolute atomic E-state index is 13.9. The molecule has 0 spiro atoms. The lowest BCUT2D eigenvalue weighted by atomic mass is 10.0. The third-order valence-electron chi connectivity index (χ3n) is 7.36. The number of amides is 2. The lowest BCUT2D eigenvalue weighted by Crippen LogP contribution is -2.56. The van der Waals surface area contributed by atoms with Crippen LogP contribution in [0.1, 0.15) is 15.9 Å². The molecule has 2 fully saturated rings. The van der Waals surface area contributed by atoms with E-state index in [4.69, 9.17) is 5.73 Å². The number of aromatic amines is 1. The Morgan fingerprint density at radius 2 is 1.69 bits per heavy atom. The number of rotatable bonds is 4. The maximum atomic E-state index is 13.9. The van der Waals surface area contributed by atoms with Crippen molar-refractivity contribution in [2.45, 2.75) is 0 Å². The van der Waals surface area contributed by atoms with E-state index >= 15 is 0 Å². The average Bonchev–Trinajstić information content (AvgIpc) is 3.46. The van der Waals surface area contributed by atoms with Crippen LogP contribution >= 0.6 is 0 Å². The number of aromatic nitrogens is 2. The van der Waals surface area contributed by atoms with Crippen molar-refractivity contribution >= 4 is 23.2 Å². The second kappa shape index (κ2) is 9.05. The molecule has 4 N–H and O–H groups in total. The molecule has 3 aliphatic rings. The number of likely N-dealkylation sites (N-methyl/N-ethyl adjacent to an activating group) is 1. The zero-order chi connectivity index (χ0) is 24.8. The highest BCUT2D eigenvalue weighted by Crippen LogP contribution is 2.44. The molecule has 2 amide bonds. The van der Waals surface area contributed by atoms with Gasteiger partial charge in [-0.05, 0) is 25.2 Å². The molecular formula is C26H30N8O2. The van der Waals surface area contributed by atoms with E-state index < -0.39 is 6.03 Å². The van der Waals surface area contributed by atoms with Crippen LogP contribution < -0.4 is 21.0 Å². The predicted octanol–water partition coefficient (Wildman–Crippen LogP) is 1.75. The van der Waals surface area contributed by atoms with E-state index in [1.54, 1.807) is 6.07 Å². The number of benzene rings is 2. The summed E-state index contributed by atoms with van der Waals surface area (Å²) in [4.78, 5) is 31.0. The van der Waals surface area contributed by atoms with Crippen molar-refractivity contribution in [3.8, 4) is 22.5 Å². The predicted molar refractivity (Wildman–Crippen MR) is 139 cm³/mol. The number of ketones is 1. The molecule has 0 atom stereocenters. The van der Waals surface area contributed by atoms with Crippen LogP contribution in [0.4, 0.5) is 16.2 Å². The number of nitrogens with zero attached hydrogens (tertiary/aromatic N) is 5. The second-order valence-electron chi connectivity index (χ2n) is 9.54. The Morgan fingerprint density at radius 1 is 0.972 bits per heavy atom. The van der Waals surface area contributed by atoms with Crippen molar-refractivity contribution in [2.75, 3.05) is 69.3 Å². The van der Waals surface area contributed by atoms with Gasteiger partial charge in [0.1, 0.15) is 5.69 Å². The smallest absolute Gasteiger partial charge is 0.334 e. The van der Waals surface area contributed by atoms with Gasteiger partial charge in [-0.2, -0.15) is 5.10 Å². The summed E-state index contributed by atoms with van der Waals surface area (Å²) in [6.07, 6.45) is 0. The summed E-state index contributed by atoms with van der Waals surface area (Å²) in [5.74, 6) is -0.147. The van der Waals surface area contributed by atoms with Gasteiger partial charge in [-0.1, -0.05) is 24.3 Å². The average molecular weight is 487 g/mol. The highest BCUT2D eigenvalue weighted by molar-refractivity contribution is 6.27. The molecule has 3 heterocycles. The Balaban J connectivity index is 1.34. The number of carbonyl (C=O) groups is 2. The first kappa shape index (κ1) is 22.7. The van der Waals surface area contributed by atoms with Crippen LogP contribution in [0.3, 0.4) is 0 Å². The van der Waals surface area contributed by atoms with Gasteiger partial charge in [-0.25, -0.2) is 14.8 Å². The Hall–Kier alpha value is -3.73. The minimum Gasteiger partial charge on any atom is -0.369 e. The second-order valence-corrected chi connectivity index (χ2v) is 9.54. The van der Waals surface area contributed by atoms with E-state index in [-0.39, 0.29) is 5.78 Å². The normalized spacial score (nSPS) is 18.2. The van der Waals surface area contributed by atoms with Gasteiger partial charge in [0, 0.05) is 69.2 Å². The van der Waals surface area contributed by atoms with E-state index in [1.165, 1.54) is 5.01 Å². The molecule has 0 bridgehead atoms. The molecule has 0 saturated carbocycles. The van der Waals surface area contributed by atoms with Gasteiger partial charge in [0.05, 0.1) is 22.5 Å². The summed E-state index contributed by atoms with van der Waals surface area (Å²) >= 11 is 0. The van der Waals surface area contributed by atoms with Gasteiger partial charge in [-0.3, -0.25) is 9.89 Å². The highest BCUT2D eigenvalue weighted by Gasteiger charge is 2.38. The standard InChI is InChI=1S/C26H30N8O2/c1-31-13-15-33(16-14-31)34(26(27)36)20-4-2-3-19-21(20)25(35)22-23(29-30-24(19)22)17-5-7-18(8-6-17)32-11-9-28-10-12-32/h2-8,28H,9-16H2,1H3,(H2,27,36)(H,29,30). The first-order chi connectivity index (χ1) is 17.5. The molecule has 1 aliphatic carbocycles. The van der Waals surface area contributed by atoms with Gasteiger partial charge in [0.2, 0.25) is 0 Å². The lowest BCUT2D eigenvalue weighted by Gasteiger charge is -2.39. The molecule has 186 valence electrons. The Labute approximate surface area is 209 Å². The molecule has 36 heavy (non-hydrogen) atoms. The number of primary amides is 1. The third-order valence-corrected chi connectivity index (χ3v) is 7.36. The van der Waals surface area contributed by atoms with E-state index in [2.05, 4.69) is 37.4 Å². The number of nitrogens with two attached hydrogens (primary N) is 1. The van der Waals surface area contributed by atoms with Crippen LogP contribution in [0.15, 0.2) is 42.5 Å². The van der Waals surface area contributed by atoms with Gasteiger partial charge in [0.15, 0.2) is 5.78 Å². The molecule has 3 aromatic rings. The number of hydrogen-bond acceptors (Lipinski definition) is 7. The molecule has 0 unspecified atom stereocenters. The van der Waals surface area contributed by atoms with E-state index in [1.807, 2.05) is 36.3 Å². The first-order valence-corrected chi connectivity index (χ1v) is 12.4. The number of fused-ring (bicyclic) bond motifs is 3. The number of urea groups is 1. The van der Waals surface area contributed by atoms with Crippen molar-refractivity contribution in [3.63, 3.8) is 0 Å². The van der Waals surface area contributed by atoms with Crippen molar-refractivity contribution < 1.29 is 9.59 Å². The molecule has 1 aromatic heterocycles. The van der Waals surface area contributed by atoms with Gasteiger partial charge >= 0.3 is 6.03 Å². The Kier molecular flexibility index (Phi) is 5.71. The van der Waals surface area contributed by atoms with E-state index in [0.717, 1.165) is 50.5 Å². The number of nitrogens with one attached hydrogen (secondary N) is 2. The van der Waals surface area contributed by atoms with Crippen molar-refractivity contribution in [1.82, 2.24) is 25.4 Å². The quantitative estimate of drug-likeness (QED) is 0.403. The Bertz CT molecular complexity index is 1300. The van der Waals surface area contributed by atoms with Crippen LogP contribution in [-0.4, -0.2) is 91.3 Å². The van der Waals surface area contributed by atoms with Gasteiger partial charge in [0.25, 0.3) is 0 Å². The van der Waals surface area contributed by atoms with Crippen molar-refractivity contribution in [2.24, 2.45) is 5.73 Å². The fourth-order valence-corrected chi connectivity index (χ4v) is 5.41. The topological polar surface area (TPSA) is 114 Å². The highest BCUT2D eigenvalue weighted by atomic mass is 16.2. The molecule has 2 aliphatic heterocycles. The minimum absolute atomic E-state index is 0.147. The van der Waals surface area contributed by atoms with Crippen LogP contribution in [0.2, 0.25) is 0 Å². The summed E-state index contributed by atoms with van der Waals surface area (Å²) < 4.78 is 0. The summed E-state index contributed by atoms with van der Waals surface area (Å²) in [7, 11) is 2.05. The first-order valence-electron chi connectivity index (χ1n) is 12.4. The molecule has 6 rings (SSSR count). The van der Waals surface area contributed by atoms with E-state index in [0.29, 0.717) is 46.9 Å². The molecule has 0 radical (unpaired) electrons. The van der Waals surface area contributed by atoms with E-state index in [9.17, 15) is 9.59 Å². The summed E-state index contributed by atoms with van der Waals surface area (Å²) in [6.45, 7) is 6.80. The van der Waals surface area contributed by atoms with Crippen molar-refractivity contribution in [3.05, 3.63) is 53.6 Å². The number of hydrazine groups is 1. The molecule has 2 saturated heterocycles. The fourth-order valence-electron chi connectivity index (χ4n) is 5.41. The largest absolute Gasteiger partial charge is 0.369 e.